The van der Waals surface area contributed by atoms with Crippen LogP contribution < -0.4 is 5.73 Å². The minimum Gasteiger partial charge on any atom is -0.330 e. The minimum atomic E-state index is -0.266. The Hall–Kier alpha value is -1.22. The minimum absolute atomic E-state index is 0.0993. The third-order valence-corrected chi connectivity index (χ3v) is 2.12. The maximum Gasteiger partial charge on any atom is 0.138 e. The van der Waals surface area contributed by atoms with E-state index in [-0.39, 0.29) is 11.6 Å². The van der Waals surface area contributed by atoms with E-state index in [0.29, 0.717) is 19.4 Å². The van der Waals surface area contributed by atoms with Crippen molar-refractivity contribution < 1.29 is 9.18 Å². The number of benzene rings is 1. The number of nitrogens with two attached hydrogens (primary N) is 1. The highest BCUT2D eigenvalue weighted by Gasteiger charge is 2.05. The Kier molecular flexibility index (Phi) is 3.77. The van der Waals surface area contributed by atoms with Crippen LogP contribution >= 0.6 is 0 Å². The smallest absolute Gasteiger partial charge is 0.138 e. The highest BCUT2D eigenvalue weighted by Crippen LogP contribution is 2.11. The number of hydrogen-bond donors (Lipinski definition) is 1. The van der Waals surface area contributed by atoms with E-state index in [4.69, 9.17) is 5.73 Å². The maximum absolute atomic E-state index is 12.7. The van der Waals surface area contributed by atoms with Crippen LogP contribution in [0.3, 0.4) is 0 Å². The van der Waals surface area contributed by atoms with Gasteiger partial charge in [-0.25, -0.2) is 4.39 Å². The Labute approximate surface area is 82.9 Å². The van der Waals surface area contributed by atoms with E-state index in [1.165, 1.54) is 12.1 Å². The summed E-state index contributed by atoms with van der Waals surface area (Å²) >= 11 is 0. The molecule has 0 spiro atoms. The molecule has 0 aliphatic rings. The van der Waals surface area contributed by atoms with Gasteiger partial charge < -0.3 is 5.73 Å². The fraction of sp³-hybridized carbons (Fsp3) is 0.364. The first-order chi connectivity index (χ1) is 6.63. The number of carbonyl (C=O) groups excluding carboxylic acids is 1. The molecule has 3 heteroatoms. The molecule has 0 fully saturated rings. The molecule has 0 bridgehead atoms. The predicted molar refractivity (Wildman–Crippen MR) is 53.5 cm³/mol. The van der Waals surface area contributed by atoms with E-state index in [0.717, 1.165) is 11.1 Å². The van der Waals surface area contributed by atoms with Gasteiger partial charge in [-0.1, -0.05) is 6.07 Å². The van der Waals surface area contributed by atoms with Crippen LogP contribution in [0.1, 0.15) is 17.5 Å². The van der Waals surface area contributed by atoms with Crippen molar-refractivity contribution in [3.8, 4) is 0 Å². The lowest BCUT2D eigenvalue weighted by Crippen LogP contribution is -2.10. The molecule has 14 heavy (non-hydrogen) atoms. The van der Waals surface area contributed by atoms with E-state index >= 15 is 0 Å². The summed E-state index contributed by atoms with van der Waals surface area (Å²) < 4.78 is 12.7. The quantitative estimate of drug-likeness (QED) is 0.792. The maximum atomic E-state index is 12.7. The monoisotopic (exact) mass is 195 g/mol. The molecule has 0 radical (unpaired) electrons. The van der Waals surface area contributed by atoms with Crippen molar-refractivity contribution in [1.82, 2.24) is 0 Å². The summed E-state index contributed by atoms with van der Waals surface area (Å²) in [6.07, 6.45) is 0.736. The van der Waals surface area contributed by atoms with Gasteiger partial charge in [0.15, 0.2) is 0 Å². The molecule has 1 aromatic rings. The highest BCUT2D eigenvalue weighted by atomic mass is 19.1. The molecule has 0 atom stereocenters. The van der Waals surface area contributed by atoms with E-state index in [9.17, 15) is 9.18 Å². The number of Topliss-reactive ketones (excluding diaryl/α,β-unsaturated/α-hetero) is 1. The molecule has 76 valence electrons. The van der Waals surface area contributed by atoms with Gasteiger partial charge in [-0.3, -0.25) is 4.79 Å². The third-order valence-electron chi connectivity index (χ3n) is 2.12. The molecular weight excluding hydrogens is 181 g/mol. The van der Waals surface area contributed by atoms with Gasteiger partial charge in [-0.2, -0.15) is 0 Å². The SMILES string of the molecule is Cc1cc(F)ccc1CC(=O)CCN. The molecule has 0 heterocycles. The van der Waals surface area contributed by atoms with E-state index in [2.05, 4.69) is 0 Å². The molecular formula is C11H14FNO. The summed E-state index contributed by atoms with van der Waals surface area (Å²) in [5.41, 5.74) is 6.96. The van der Waals surface area contributed by atoms with E-state index < -0.39 is 0 Å². The summed E-state index contributed by atoms with van der Waals surface area (Å²) in [5.74, 6) is -0.167. The van der Waals surface area contributed by atoms with Gasteiger partial charge >= 0.3 is 0 Å². The van der Waals surface area contributed by atoms with Crippen LogP contribution in [-0.4, -0.2) is 12.3 Å². The number of carbonyl (C=O) groups is 1. The first-order valence-corrected chi connectivity index (χ1v) is 4.60. The van der Waals surface area contributed by atoms with Crippen molar-refractivity contribution in [1.29, 1.82) is 0 Å². The lowest BCUT2D eigenvalue weighted by Gasteiger charge is -2.04. The largest absolute Gasteiger partial charge is 0.330 e. The molecule has 0 amide bonds. The summed E-state index contributed by atoms with van der Waals surface area (Å²) in [7, 11) is 0. The van der Waals surface area contributed by atoms with E-state index in [1.54, 1.807) is 13.0 Å². The molecule has 0 saturated heterocycles. The van der Waals surface area contributed by atoms with Crippen LogP contribution in [0.2, 0.25) is 0 Å². The first kappa shape index (κ1) is 10.9. The predicted octanol–water partition coefficient (Wildman–Crippen LogP) is 1.59. The molecule has 0 aliphatic carbocycles. The van der Waals surface area contributed by atoms with Gasteiger partial charge in [-0.15, -0.1) is 0 Å². The topological polar surface area (TPSA) is 43.1 Å². The van der Waals surface area contributed by atoms with Crippen LogP contribution in [0.15, 0.2) is 18.2 Å². The Morgan fingerprint density at radius 1 is 1.50 bits per heavy atom. The van der Waals surface area contributed by atoms with Crippen LogP contribution in [0, 0.1) is 12.7 Å². The summed E-state index contributed by atoms with van der Waals surface area (Å²) in [4.78, 5) is 11.3. The zero-order valence-electron chi connectivity index (χ0n) is 8.22. The molecule has 0 saturated carbocycles. The summed E-state index contributed by atoms with van der Waals surface area (Å²) in [6, 6.07) is 4.46. The molecule has 1 aromatic carbocycles. The van der Waals surface area contributed by atoms with Crippen molar-refractivity contribution in [3.63, 3.8) is 0 Å². The van der Waals surface area contributed by atoms with Crippen LogP contribution in [-0.2, 0) is 11.2 Å². The van der Waals surface area contributed by atoms with Crippen molar-refractivity contribution in [2.24, 2.45) is 5.73 Å². The van der Waals surface area contributed by atoms with Crippen LogP contribution in [0.5, 0.6) is 0 Å². The van der Waals surface area contributed by atoms with Crippen molar-refractivity contribution in [2.45, 2.75) is 19.8 Å². The molecule has 1 rings (SSSR count). The Balaban J connectivity index is 2.72. The van der Waals surface area contributed by atoms with Crippen molar-refractivity contribution in [2.75, 3.05) is 6.54 Å². The summed E-state index contributed by atoms with van der Waals surface area (Å²) in [6.45, 7) is 2.17. The molecule has 2 N–H and O–H groups in total. The fourth-order valence-electron chi connectivity index (χ4n) is 1.32. The molecule has 2 nitrogen and oxygen atoms in total. The first-order valence-electron chi connectivity index (χ1n) is 4.60. The summed E-state index contributed by atoms with van der Waals surface area (Å²) in [5, 5.41) is 0. The lowest BCUT2D eigenvalue weighted by atomic mass is 10.0. The number of hydrogen-bond acceptors (Lipinski definition) is 2. The van der Waals surface area contributed by atoms with Gasteiger partial charge in [0.25, 0.3) is 0 Å². The number of aryl methyl sites for hydroxylation is 1. The van der Waals surface area contributed by atoms with Gasteiger partial charge in [-0.05, 0) is 36.7 Å². The Bertz CT molecular complexity index is 336. The van der Waals surface area contributed by atoms with Crippen LogP contribution in [0.25, 0.3) is 0 Å². The van der Waals surface area contributed by atoms with Gasteiger partial charge in [0.2, 0.25) is 0 Å². The van der Waals surface area contributed by atoms with Crippen molar-refractivity contribution in [3.05, 3.63) is 35.1 Å². The van der Waals surface area contributed by atoms with Gasteiger partial charge in [0.05, 0.1) is 0 Å². The second-order valence-corrected chi connectivity index (χ2v) is 3.32. The number of rotatable bonds is 4. The second kappa shape index (κ2) is 4.86. The lowest BCUT2D eigenvalue weighted by molar-refractivity contribution is -0.118. The fourth-order valence-corrected chi connectivity index (χ4v) is 1.32. The zero-order chi connectivity index (χ0) is 10.6. The Morgan fingerprint density at radius 2 is 2.21 bits per heavy atom. The van der Waals surface area contributed by atoms with Gasteiger partial charge in [0.1, 0.15) is 11.6 Å². The number of ketones is 1. The number of halogens is 1. The average Bonchev–Trinajstić information content (AvgIpc) is 2.10. The van der Waals surface area contributed by atoms with Gasteiger partial charge in [0, 0.05) is 12.8 Å². The van der Waals surface area contributed by atoms with Crippen LogP contribution in [0.4, 0.5) is 4.39 Å². The van der Waals surface area contributed by atoms with E-state index in [1.807, 2.05) is 0 Å². The molecule has 0 unspecified atom stereocenters. The average molecular weight is 195 g/mol. The molecule has 0 aromatic heterocycles. The zero-order valence-corrected chi connectivity index (χ0v) is 8.22. The Morgan fingerprint density at radius 3 is 2.79 bits per heavy atom. The third kappa shape index (κ3) is 2.92. The molecule has 0 aliphatic heterocycles. The second-order valence-electron chi connectivity index (χ2n) is 3.32. The standard InChI is InChI=1S/C11H14FNO/c1-8-6-10(12)3-2-9(8)7-11(14)4-5-13/h2-3,6H,4-5,7,13H2,1H3. The normalized spacial score (nSPS) is 10.2. The van der Waals surface area contributed by atoms with Crippen molar-refractivity contribution >= 4 is 5.78 Å². The highest BCUT2D eigenvalue weighted by molar-refractivity contribution is 5.81.